The van der Waals surface area contributed by atoms with E-state index in [2.05, 4.69) is 6.07 Å². The van der Waals surface area contributed by atoms with Gasteiger partial charge < -0.3 is 14.2 Å². The van der Waals surface area contributed by atoms with Gasteiger partial charge in [-0.15, -0.1) is 0 Å². The van der Waals surface area contributed by atoms with E-state index in [0.29, 0.717) is 23.7 Å². The quantitative estimate of drug-likeness (QED) is 0.415. The van der Waals surface area contributed by atoms with E-state index in [-0.39, 0.29) is 0 Å². The minimum absolute atomic E-state index is 0.460. The van der Waals surface area contributed by atoms with Crippen molar-refractivity contribution in [1.29, 1.82) is 5.26 Å². The van der Waals surface area contributed by atoms with Crippen molar-refractivity contribution in [2.75, 3.05) is 14.2 Å². The Bertz CT molecular complexity index is 987. The molecule has 0 N–H and O–H groups in total. The van der Waals surface area contributed by atoms with Crippen molar-refractivity contribution in [3.63, 3.8) is 0 Å². The van der Waals surface area contributed by atoms with E-state index in [1.165, 1.54) is 0 Å². The van der Waals surface area contributed by atoms with Gasteiger partial charge in [0.1, 0.15) is 12.4 Å². The first-order valence-corrected chi connectivity index (χ1v) is 8.84. The van der Waals surface area contributed by atoms with Crippen LogP contribution in [0.3, 0.4) is 0 Å². The van der Waals surface area contributed by atoms with Crippen LogP contribution in [0.15, 0.2) is 72.8 Å². The van der Waals surface area contributed by atoms with Crippen molar-refractivity contribution in [2.24, 2.45) is 0 Å². The van der Waals surface area contributed by atoms with Crippen LogP contribution < -0.4 is 14.2 Å². The SMILES string of the molecule is COc1ccc(/C(C#N)=C/c2ccc(OCc3ccccc3)c(OC)c2)cc1. The van der Waals surface area contributed by atoms with E-state index < -0.39 is 0 Å². The number of allylic oxidation sites excluding steroid dienone is 1. The maximum Gasteiger partial charge on any atom is 0.161 e. The van der Waals surface area contributed by atoms with E-state index in [1.54, 1.807) is 14.2 Å². The summed E-state index contributed by atoms with van der Waals surface area (Å²) in [4.78, 5) is 0. The number of benzene rings is 3. The van der Waals surface area contributed by atoms with Crippen LogP contribution >= 0.6 is 0 Å². The molecule has 0 heterocycles. The summed E-state index contributed by atoms with van der Waals surface area (Å²) in [5.41, 5.74) is 3.32. The molecule has 0 spiro atoms. The molecule has 3 aromatic carbocycles. The highest BCUT2D eigenvalue weighted by Gasteiger charge is 2.07. The van der Waals surface area contributed by atoms with E-state index in [9.17, 15) is 5.26 Å². The third-order valence-corrected chi connectivity index (χ3v) is 4.26. The van der Waals surface area contributed by atoms with Crippen molar-refractivity contribution in [2.45, 2.75) is 6.61 Å². The van der Waals surface area contributed by atoms with Gasteiger partial charge in [-0.25, -0.2) is 0 Å². The number of nitrogens with zero attached hydrogens (tertiary/aromatic N) is 1. The lowest BCUT2D eigenvalue weighted by molar-refractivity contribution is 0.284. The predicted molar refractivity (Wildman–Crippen MR) is 110 cm³/mol. The van der Waals surface area contributed by atoms with Gasteiger partial charge in [0, 0.05) is 0 Å². The number of nitriles is 1. The average Bonchev–Trinajstić information content (AvgIpc) is 2.77. The monoisotopic (exact) mass is 371 g/mol. The topological polar surface area (TPSA) is 51.5 Å². The molecular weight excluding hydrogens is 350 g/mol. The van der Waals surface area contributed by atoms with Crippen LogP contribution in [0.2, 0.25) is 0 Å². The Kier molecular flexibility index (Phi) is 6.33. The third kappa shape index (κ3) is 4.72. The second kappa shape index (κ2) is 9.29. The normalized spacial score (nSPS) is 10.8. The molecule has 3 rings (SSSR count). The van der Waals surface area contributed by atoms with E-state index in [4.69, 9.17) is 14.2 Å². The molecule has 0 saturated heterocycles. The zero-order chi connectivity index (χ0) is 19.8. The number of hydrogen-bond donors (Lipinski definition) is 0. The summed E-state index contributed by atoms with van der Waals surface area (Å²) in [7, 11) is 3.22. The molecule has 4 nitrogen and oxygen atoms in total. The molecule has 28 heavy (non-hydrogen) atoms. The molecule has 0 aromatic heterocycles. The molecule has 0 fully saturated rings. The fourth-order valence-electron chi connectivity index (χ4n) is 2.75. The van der Waals surface area contributed by atoms with Crippen molar-refractivity contribution in [1.82, 2.24) is 0 Å². The predicted octanol–water partition coefficient (Wildman–Crippen LogP) is 5.35. The maximum atomic E-state index is 9.55. The fourth-order valence-corrected chi connectivity index (χ4v) is 2.75. The smallest absolute Gasteiger partial charge is 0.161 e. The van der Waals surface area contributed by atoms with Gasteiger partial charge in [0.15, 0.2) is 11.5 Å². The van der Waals surface area contributed by atoms with Gasteiger partial charge >= 0.3 is 0 Å². The number of rotatable bonds is 7. The lowest BCUT2D eigenvalue weighted by Gasteiger charge is -2.11. The standard InChI is InChI=1S/C24H21NO3/c1-26-22-11-9-20(10-12-22)21(16-25)14-19-8-13-23(24(15-19)27-2)28-17-18-6-4-3-5-7-18/h3-15H,17H2,1-2H3/b21-14+. The summed E-state index contributed by atoms with van der Waals surface area (Å²) in [6, 6.07) is 25.2. The molecule has 0 aliphatic heterocycles. The third-order valence-electron chi connectivity index (χ3n) is 4.26. The average molecular weight is 371 g/mol. The lowest BCUT2D eigenvalue weighted by atomic mass is 10.0. The summed E-state index contributed by atoms with van der Waals surface area (Å²) >= 11 is 0. The van der Waals surface area contributed by atoms with Gasteiger partial charge in [-0.2, -0.15) is 5.26 Å². The van der Waals surface area contributed by atoms with Gasteiger partial charge in [0.25, 0.3) is 0 Å². The van der Waals surface area contributed by atoms with Gasteiger partial charge in [-0.05, 0) is 59.2 Å². The molecule has 0 bridgehead atoms. The van der Waals surface area contributed by atoms with Gasteiger partial charge in [0.05, 0.1) is 25.9 Å². The molecule has 0 aliphatic rings. The van der Waals surface area contributed by atoms with E-state index in [1.807, 2.05) is 78.9 Å². The summed E-state index contributed by atoms with van der Waals surface area (Å²) in [5, 5.41) is 9.55. The van der Waals surface area contributed by atoms with Gasteiger partial charge in [-0.1, -0.05) is 36.4 Å². The van der Waals surface area contributed by atoms with Crippen LogP contribution in [0.25, 0.3) is 11.6 Å². The summed E-state index contributed by atoms with van der Waals surface area (Å²) in [6.45, 7) is 0.460. The zero-order valence-electron chi connectivity index (χ0n) is 15.9. The largest absolute Gasteiger partial charge is 0.497 e. The Hall–Kier alpha value is -3.71. The van der Waals surface area contributed by atoms with Gasteiger partial charge in [-0.3, -0.25) is 0 Å². The van der Waals surface area contributed by atoms with Crippen LogP contribution in [0, 0.1) is 11.3 Å². The minimum Gasteiger partial charge on any atom is -0.497 e. The van der Waals surface area contributed by atoms with Crippen molar-refractivity contribution < 1.29 is 14.2 Å². The Morgan fingerprint density at radius 3 is 2.29 bits per heavy atom. The molecule has 0 atom stereocenters. The Balaban J connectivity index is 1.81. The molecule has 0 aliphatic carbocycles. The maximum absolute atomic E-state index is 9.55. The first kappa shape index (κ1) is 19.1. The summed E-state index contributed by atoms with van der Waals surface area (Å²) < 4.78 is 16.5. The highest BCUT2D eigenvalue weighted by atomic mass is 16.5. The molecule has 0 saturated carbocycles. The Morgan fingerprint density at radius 1 is 0.893 bits per heavy atom. The number of ether oxygens (including phenoxy) is 3. The van der Waals surface area contributed by atoms with Crippen LogP contribution in [0.4, 0.5) is 0 Å². The summed E-state index contributed by atoms with van der Waals surface area (Å²) in [6.07, 6.45) is 1.82. The lowest BCUT2D eigenvalue weighted by Crippen LogP contribution is -1.97. The first-order chi connectivity index (χ1) is 13.7. The highest BCUT2D eigenvalue weighted by Crippen LogP contribution is 2.30. The second-order valence-corrected chi connectivity index (χ2v) is 6.08. The molecule has 0 unspecified atom stereocenters. The molecular formula is C24H21NO3. The molecule has 0 amide bonds. The van der Waals surface area contributed by atoms with E-state index in [0.717, 1.165) is 22.4 Å². The first-order valence-electron chi connectivity index (χ1n) is 8.84. The Labute approximate surface area is 165 Å². The molecule has 0 radical (unpaired) electrons. The van der Waals surface area contributed by atoms with Crippen LogP contribution in [-0.2, 0) is 6.61 Å². The van der Waals surface area contributed by atoms with Crippen LogP contribution in [0.1, 0.15) is 16.7 Å². The Morgan fingerprint density at radius 2 is 1.64 bits per heavy atom. The van der Waals surface area contributed by atoms with Crippen molar-refractivity contribution in [3.05, 3.63) is 89.5 Å². The van der Waals surface area contributed by atoms with Crippen LogP contribution in [-0.4, -0.2) is 14.2 Å². The van der Waals surface area contributed by atoms with Crippen LogP contribution in [0.5, 0.6) is 17.2 Å². The molecule has 140 valence electrons. The molecule has 4 heteroatoms. The second-order valence-electron chi connectivity index (χ2n) is 6.08. The molecule has 3 aromatic rings. The summed E-state index contributed by atoms with van der Waals surface area (Å²) in [5.74, 6) is 2.03. The minimum atomic E-state index is 0.460. The number of hydrogen-bond acceptors (Lipinski definition) is 4. The fraction of sp³-hybridized carbons (Fsp3) is 0.125. The van der Waals surface area contributed by atoms with Crippen molar-refractivity contribution in [3.8, 4) is 23.3 Å². The van der Waals surface area contributed by atoms with E-state index >= 15 is 0 Å². The van der Waals surface area contributed by atoms with Gasteiger partial charge in [0.2, 0.25) is 0 Å². The van der Waals surface area contributed by atoms with Crippen molar-refractivity contribution >= 4 is 11.6 Å². The highest BCUT2D eigenvalue weighted by molar-refractivity contribution is 5.90. The number of methoxy groups -OCH3 is 2. The zero-order valence-corrected chi connectivity index (χ0v) is 15.9.